The van der Waals surface area contributed by atoms with Crippen molar-refractivity contribution in [1.29, 1.82) is 0 Å². The Kier molecular flexibility index (Phi) is 5.24. The maximum atomic E-state index is 11.5. The SMILES string of the molecule is CNC(=O)c1ccc(CN(C)Cc2csc([N+](=O)[O-])c2)cc1. The van der Waals surface area contributed by atoms with E-state index in [0.29, 0.717) is 18.7 Å². The number of benzene rings is 1. The van der Waals surface area contributed by atoms with E-state index in [9.17, 15) is 14.9 Å². The molecule has 1 aromatic carbocycles. The second-order valence-electron chi connectivity index (χ2n) is 5.00. The van der Waals surface area contributed by atoms with E-state index in [1.165, 1.54) is 0 Å². The number of hydrogen-bond donors (Lipinski definition) is 1. The maximum absolute atomic E-state index is 11.5. The molecule has 0 fully saturated rings. The van der Waals surface area contributed by atoms with Gasteiger partial charge < -0.3 is 5.32 Å². The van der Waals surface area contributed by atoms with Gasteiger partial charge in [0.05, 0.1) is 4.92 Å². The van der Waals surface area contributed by atoms with E-state index in [0.717, 1.165) is 22.5 Å². The van der Waals surface area contributed by atoms with E-state index in [2.05, 4.69) is 10.2 Å². The average Bonchev–Trinajstić information content (AvgIpc) is 2.95. The molecule has 6 nitrogen and oxygen atoms in total. The normalized spacial score (nSPS) is 10.7. The summed E-state index contributed by atoms with van der Waals surface area (Å²) in [7, 11) is 3.56. The Balaban J connectivity index is 1.94. The van der Waals surface area contributed by atoms with Gasteiger partial charge in [0.2, 0.25) is 0 Å². The Morgan fingerprint density at radius 1 is 1.27 bits per heavy atom. The summed E-state index contributed by atoms with van der Waals surface area (Å²) in [5.41, 5.74) is 2.64. The lowest BCUT2D eigenvalue weighted by molar-refractivity contribution is -0.380. The molecule has 1 aromatic heterocycles. The number of nitrogens with one attached hydrogen (secondary N) is 1. The quantitative estimate of drug-likeness (QED) is 0.656. The standard InChI is InChI=1S/C15H17N3O3S/c1-16-15(19)13-5-3-11(4-6-13)8-17(2)9-12-7-14(18(20)21)22-10-12/h3-7,10H,8-9H2,1-2H3,(H,16,19). The highest BCUT2D eigenvalue weighted by atomic mass is 32.1. The monoisotopic (exact) mass is 319 g/mol. The second kappa shape index (κ2) is 7.15. The van der Waals surface area contributed by atoms with Crippen LogP contribution in [0, 0.1) is 10.1 Å². The molecule has 0 bridgehead atoms. The summed E-state index contributed by atoms with van der Waals surface area (Å²) < 4.78 is 0. The summed E-state index contributed by atoms with van der Waals surface area (Å²) in [6, 6.07) is 9.01. The summed E-state index contributed by atoms with van der Waals surface area (Å²) in [6.07, 6.45) is 0. The van der Waals surface area contributed by atoms with Crippen LogP contribution in [-0.2, 0) is 13.1 Å². The van der Waals surface area contributed by atoms with E-state index in [1.807, 2.05) is 24.6 Å². The number of carbonyl (C=O) groups is 1. The number of rotatable bonds is 6. The van der Waals surface area contributed by atoms with Crippen molar-refractivity contribution in [3.8, 4) is 0 Å². The van der Waals surface area contributed by atoms with Gasteiger partial charge in [-0.1, -0.05) is 23.5 Å². The molecule has 2 aromatic rings. The molecular formula is C15H17N3O3S. The Labute approximate surface area is 132 Å². The summed E-state index contributed by atoms with van der Waals surface area (Å²) in [4.78, 5) is 23.8. The van der Waals surface area contributed by atoms with Crippen LogP contribution in [0.4, 0.5) is 5.00 Å². The lowest BCUT2D eigenvalue weighted by Crippen LogP contribution is -2.18. The van der Waals surface area contributed by atoms with E-state index in [4.69, 9.17) is 0 Å². The zero-order valence-electron chi connectivity index (χ0n) is 12.4. The number of nitro groups is 1. The third kappa shape index (κ3) is 4.12. The van der Waals surface area contributed by atoms with E-state index in [1.54, 1.807) is 25.2 Å². The van der Waals surface area contributed by atoms with Crippen LogP contribution in [0.2, 0.25) is 0 Å². The van der Waals surface area contributed by atoms with Gasteiger partial charge in [-0.3, -0.25) is 19.8 Å². The molecule has 1 amide bonds. The van der Waals surface area contributed by atoms with Crippen LogP contribution in [0.15, 0.2) is 35.7 Å². The molecule has 1 N–H and O–H groups in total. The number of nitrogens with zero attached hydrogens (tertiary/aromatic N) is 2. The first-order valence-electron chi connectivity index (χ1n) is 6.71. The van der Waals surface area contributed by atoms with E-state index in [-0.39, 0.29) is 15.8 Å². The minimum atomic E-state index is -0.369. The molecule has 0 aliphatic rings. The van der Waals surface area contributed by atoms with Gasteiger partial charge in [0.25, 0.3) is 5.91 Å². The van der Waals surface area contributed by atoms with Crippen molar-refractivity contribution in [2.75, 3.05) is 14.1 Å². The van der Waals surface area contributed by atoms with Crippen molar-refractivity contribution < 1.29 is 9.72 Å². The molecule has 0 saturated carbocycles. The summed E-state index contributed by atoms with van der Waals surface area (Å²) in [5.74, 6) is -0.106. The van der Waals surface area contributed by atoms with Crippen LogP contribution >= 0.6 is 11.3 Å². The molecule has 7 heteroatoms. The van der Waals surface area contributed by atoms with Crippen LogP contribution in [0.25, 0.3) is 0 Å². The second-order valence-corrected chi connectivity index (χ2v) is 5.89. The van der Waals surface area contributed by atoms with Crippen LogP contribution in [0.3, 0.4) is 0 Å². The first-order chi connectivity index (χ1) is 10.5. The van der Waals surface area contributed by atoms with Gasteiger partial charge in [0.15, 0.2) is 0 Å². The highest BCUT2D eigenvalue weighted by Crippen LogP contribution is 2.23. The first kappa shape index (κ1) is 16.1. The highest BCUT2D eigenvalue weighted by molar-refractivity contribution is 7.13. The van der Waals surface area contributed by atoms with E-state index < -0.39 is 0 Å². The summed E-state index contributed by atoms with van der Waals surface area (Å²) >= 11 is 1.14. The maximum Gasteiger partial charge on any atom is 0.324 e. The Hall–Kier alpha value is -2.25. The molecule has 116 valence electrons. The fourth-order valence-corrected chi connectivity index (χ4v) is 2.85. The fourth-order valence-electron chi connectivity index (χ4n) is 2.13. The van der Waals surface area contributed by atoms with Crippen LogP contribution in [0.5, 0.6) is 0 Å². The number of carbonyl (C=O) groups excluding carboxylic acids is 1. The minimum absolute atomic E-state index is 0.106. The van der Waals surface area contributed by atoms with Crippen molar-refractivity contribution in [1.82, 2.24) is 10.2 Å². The van der Waals surface area contributed by atoms with Crippen LogP contribution in [0.1, 0.15) is 21.5 Å². The molecule has 0 aliphatic carbocycles. The number of amides is 1. The van der Waals surface area contributed by atoms with Gasteiger partial charge in [-0.25, -0.2) is 0 Å². The topological polar surface area (TPSA) is 75.5 Å². The zero-order chi connectivity index (χ0) is 16.1. The van der Waals surface area contributed by atoms with Crippen molar-refractivity contribution in [2.45, 2.75) is 13.1 Å². The first-order valence-corrected chi connectivity index (χ1v) is 7.59. The fraction of sp³-hybridized carbons (Fsp3) is 0.267. The zero-order valence-corrected chi connectivity index (χ0v) is 13.2. The van der Waals surface area contributed by atoms with Crippen molar-refractivity contribution in [3.63, 3.8) is 0 Å². The molecule has 0 radical (unpaired) electrons. The van der Waals surface area contributed by atoms with Gasteiger partial charge in [-0.15, -0.1) is 0 Å². The Morgan fingerprint density at radius 2 is 1.91 bits per heavy atom. The molecule has 0 unspecified atom stereocenters. The molecule has 0 saturated heterocycles. The molecule has 22 heavy (non-hydrogen) atoms. The molecule has 0 atom stereocenters. The van der Waals surface area contributed by atoms with Gasteiger partial charge in [-0.2, -0.15) is 0 Å². The molecule has 1 heterocycles. The van der Waals surface area contributed by atoms with Gasteiger partial charge in [0, 0.05) is 37.1 Å². The lowest BCUT2D eigenvalue weighted by atomic mass is 10.1. The van der Waals surface area contributed by atoms with Gasteiger partial charge >= 0.3 is 5.00 Å². The third-order valence-electron chi connectivity index (χ3n) is 3.17. The average molecular weight is 319 g/mol. The summed E-state index contributed by atoms with van der Waals surface area (Å²) in [6.45, 7) is 1.35. The highest BCUT2D eigenvalue weighted by Gasteiger charge is 2.11. The smallest absolute Gasteiger partial charge is 0.324 e. The number of thiophene rings is 1. The lowest BCUT2D eigenvalue weighted by Gasteiger charge is -2.16. The predicted octanol–water partition coefficient (Wildman–Crippen LogP) is 2.65. The third-order valence-corrected chi connectivity index (χ3v) is 4.10. The molecular weight excluding hydrogens is 302 g/mol. The number of hydrogen-bond acceptors (Lipinski definition) is 5. The Morgan fingerprint density at radius 3 is 2.45 bits per heavy atom. The van der Waals surface area contributed by atoms with Crippen molar-refractivity contribution >= 4 is 22.2 Å². The Bertz CT molecular complexity index is 667. The van der Waals surface area contributed by atoms with E-state index >= 15 is 0 Å². The molecule has 0 aliphatic heterocycles. The summed E-state index contributed by atoms with van der Waals surface area (Å²) in [5, 5.41) is 15.2. The predicted molar refractivity (Wildman–Crippen MR) is 86.0 cm³/mol. The van der Waals surface area contributed by atoms with Gasteiger partial charge in [0.1, 0.15) is 0 Å². The van der Waals surface area contributed by atoms with Gasteiger partial charge in [-0.05, 0) is 30.3 Å². The minimum Gasteiger partial charge on any atom is -0.355 e. The molecule has 0 spiro atoms. The largest absolute Gasteiger partial charge is 0.355 e. The van der Waals surface area contributed by atoms with Crippen LogP contribution < -0.4 is 5.32 Å². The van der Waals surface area contributed by atoms with Crippen molar-refractivity contribution in [3.05, 3.63) is 62.5 Å². The van der Waals surface area contributed by atoms with Crippen molar-refractivity contribution in [2.24, 2.45) is 0 Å². The van der Waals surface area contributed by atoms with Crippen LogP contribution in [-0.4, -0.2) is 29.8 Å². The molecule has 2 rings (SSSR count).